The molecule has 36 heavy (non-hydrogen) atoms. The van der Waals surface area contributed by atoms with E-state index in [2.05, 4.69) is 15.6 Å². The minimum atomic E-state index is -0.952. The second kappa shape index (κ2) is 12.0. The van der Waals surface area contributed by atoms with Crippen LogP contribution in [0.5, 0.6) is 5.75 Å². The number of hydrogen-bond donors (Lipinski definition) is 2. The molecule has 2 heterocycles. The van der Waals surface area contributed by atoms with E-state index in [1.807, 2.05) is 20.8 Å². The molecule has 9 nitrogen and oxygen atoms in total. The Balaban J connectivity index is 1.87. The van der Waals surface area contributed by atoms with Gasteiger partial charge in [-0.1, -0.05) is 18.2 Å². The SMILES string of the molecule is COc1ccc(C(C(=O)NC(C)(C)C)N(Cc2ccco2)C(=O)CCC(=O)Nc2ccccn2)cc1. The molecule has 0 aliphatic carbocycles. The van der Waals surface area contributed by atoms with E-state index >= 15 is 0 Å². The third kappa shape index (κ3) is 7.69. The molecule has 1 atom stereocenters. The van der Waals surface area contributed by atoms with Crippen LogP contribution >= 0.6 is 0 Å². The summed E-state index contributed by atoms with van der Waals surface area (Å²) in [5.74, 6) is 0.494. The lowest BCUT2D eigenvalue weighted by molar-refractivity contribution is -0.143. The van der Waals surface area contributed by atoms with Crippen LogP contribution in [0.1, 0.15) is 51.0 Å². The lowest BCUT2D eigenvalue weighted by Gasteiger charge is -2.33. The summed E-state index contributed by atoms with van der Waals surface area (Å²) in [7, 11) is 1.56. The number of carbonyl (C=O) groups is 3. The highest BCUT2D eigenvalue weighted by Gasteiger charge is 2.34. The average Bonchev–Trinajstić information content (AvgIpc) is 3.35. The normalized spacial score (nSPS) is 11.9. The molecule has 0 saturated heterocycles. The van der Waals surface area contributed by atoms with Crippen LogP contribution in [0, 0.1) is 0 Å². The van der Waals surface area contributed by atoms with E-state index in [1.165, 1.54) is 11.2 Å². The highest BCUT2D eigenvalue weighted by atomic mass is 16.5. The lowest BCUT2D eigenvalue weighted by Crippen LogP contribution is -2.49. The zero-order valence-corrected chi connectivity index (χ0v) is 21.0. The van der Waals surface area contributed by atoms with Gasteiger partial charge in [-0.15, -0.1) is 0 Å². The van der Waals surface area contributed by atoms with Gasteiger partial charge in [0.2, 0.25) is 17.7 Å². The van der Waals surface area contributed by atoms with Crippen molar-refractivity contribution in [1.82, 2.24) is 15.2 Å². The van der Waals surface area contributed by atoms with E-state index in [-0.39, 0.29) is 37.1 Å². The Kier molecular flexibility index (Phi) is 8.83. The Hall–Kier alpha value is -4.14. The summed E-state index contributed by atoms with van der Waals surface area (Å²) >= 11 is 0. The molecule has 3 amide bonds. The first-order valence-electron chi connectivity index (χ1n) is 11.6. The smallest absolute Gasteiger partial charge is 0.247 e. The van der Waals surface area contributed by atoms with Crippen LogP contribution < -0.4 is 15.4 Å². The van der Waals surface area contributed by atoms with Gasteiger partial charge >= 0.3 is 0 Å². The molecule has 1 unspecified atom stereocenters. The van der Waals surface area contributed by atoms with E-state index < -0.39 is 11.6 Å². The van der Waals surface area contributed by atoms with Crippen LogP contribution in [-0.2, 0) is 20.9 Å². The predicted octanol–water partition coefficient (Wildman–Crippen LogP) is 4.09. The van der Waals surface area contributed by atoms with E-state index in [0.29, 0.717) is 22.9 Å². The van der Waals surface area contributed by atoms with Crippen molar-refractivity contribution in [3.05, 3.63) is 78.4 Å². The maximum atomic E-state index is 13.5. The number of ether oxygens (including phenoxy) is 1. The number of carbonyl (C=O) groups excluding carboxylic acids is 3. The Labute approximate surface area is 210 Å². The van der Waals surface area contributed by atoms with E-state index in [9.17, 15) is 14.4 Å². The molecule has 0 bridgehead atoms. The first-order valence-corrected chi connectivity index (χ1v) is 11.6. The monoisotopic (exact) mass is 492 g/mol. The van der Waals surface area contributed by atoms with Crippen LogP contribution in [0.4, 0.5) is 5.82 Å². The van der Waals surface area contributed by atoms with E-state index in [1.54, 1.807) is 67.9 Å². The van der Waals surface area contributed by atoms with Gasteiger partial charge in [-0.05, 0) is 62.7 Å². The number of benzene rings is 1. The van der Waals surface area contributed by atoms with Crippen LogP contribution in [0.25, 0.3) is 0 Å². The minimum Gasteiger partial charge on any atom is -0.497 e. The number of nitrogens with zero attached hydrogens (tertiary/aromatic N) is 2. The molecule has 0 spiro atoms. The van der Waals surface area contributed by atoms with Crippen molar-refractivity contribution in [2.45, 2.75) is 51.7 Å². The molecule has 3 rings (SSSR count). The summed E-state index contributed by atoms with van der Waals surface area (Å²) in [6.45, 7) is 5.67. The number of aromatic nitrogens is 1. The fraction of sp³-hybridized carbons (Fsp3) is 0.333. The highest BCUT2D eigenvalue weighted by Crippen LogP contribution is 2.27. The van der Waals surface area contributed by atoms with Crippen LogP contribution in [0.3, 0.4) is 0 Å². The summed E-state index contributed by atoms with van der Waals surface area (Å²) in [6.07, 6.45) is 2.91. The molecular weight excluding hydrogens is 460 g/mol. The molecule has 0 aliphatic rings. The molecule has 2 aromatic heterocycles. The van der Waals surface area contributed by atoms with Gasteiger partial charge in [0.25, 0.3) is 0 Å². The maximum absolute atomic E-state index is 13.5. The van der Waals surface area contributed by atoms with Crippen molar-refractivity contribution < 1.29 is 23.5 Å². The molecular formula is C27H32N4O5. The number of nitrogens with one attached hydrogen (secondary N) is 2. The number of pyridine rings is 1. The molecule has 0 saturated carbocycles. The molecule has 190 valence electrons. The summed E-state index contributed by atoms with van der Waals surface area (Å²) in [5.41, 5.74) is 0.0828. The van der Waals surface area contributed by atoms with Crippen molar-refractivity contribution in [2.75, 3.05) is 12.4 Å². The molecule has 0 radical (unpaired) electrons. The van der Waals surface area contributed by atoms with Crippen molar-refractivity contribution in [3.8, 4) is 5.75 Å². The third-order valence-corrected chi connectivity index (χ3v) is 5.21. The lowest BCUT2D eigenvalue weighted by atomic mass is 10.0. The Morgan fingerprint density at radius 1 is 1.03 bits per heavy atom. The van der Waals surface area contributed by atoms with Gasteiger partial charge in [-0.25, -0.2) is 4.98 Å². The second-order valence-corrected chi connectivity index (χ2v) is 9.28. The predicted molar refractivity (Wildman–Crippen MR) is 135 cm³/mol. The second-order valence-electron chi connectivity index (χ2n) is 9.28. The Bertz CT molecular complexity index is 1140. The van der Waals surface area contributed by atoms with E-state index in [4.69, 9.17) is 9.15 Å². The van der Waals surface area contributed by atoms with Crippen molar-refractivity contribution in [3.63, 3.8) is 0 Å². The van der Waals surface area contributed by atoms with Crippen molar-refractivity contribution in [2.24, 2.45) is 0 Å². The standard InChI is InChI=1S/C27H32N4O5/c1-27(2,3)30-26(34)25(19-10-12-20(35-4)13-11-19)31(18-21-8-7-17-36-21)24(33)15-14-23(32)29-22-9-5-6-16-28-22/h5-13,16-17,25H,14-15,18H2,1-4H3,(H,30,34)(H,28,29,32). The average molecular weight is 493 g/mol. The van der Waals surface area contributed by atoms with Gasteiger partial charge in [0.05, 0.1) is 19.9 Å². The van der Waals surface area contributed by atoms with Gasteiger partial charge in [0.15, 0.2) is 0 Å². The number of methoxy groups -OCH3 is 1. The summed E-state index contributed by atoms with van der Waals surface area (Å²) in [5, 5.41) is 5.65. The zero-order chi connectivity index (χ0) is 26.1. The zero-order valence-electron chi connectivity index (χ0n) is 21.0. The Morgan fingerprint density at radius 3 is 2.36 bits per heavy atom. The summed E-state index contributed by atoms with van der Waals surface area (Å²) in [4.78, 5) is 45.0. The van der Waals surface area contributed by atoms with Crippen LogP contribution in [0.2, 0.25) is 0 Å². The molecule has 9 heteroatoms. The molecule has 3 aromatic rings. The van der Waals surface area contributed by atoms with Crippen LogP contribution in [-0.4, -0.2) is 40.3 Å². The van der Waals surface area contributed by atoms with Gasteiger partial charge < -0.3 is 24.7 Å². The van der Waals surface area contributed by atoms with Gasteiger partial charge in [-0.2, -0.15) is 0 Å². The summed E-state index contributed by atoms with van der Waals surface area (Å²) < 4.78 is 10.7. The summed E-state index contributed by atoms with van der Waals surface area (Å²) in [6, 6.07) is 14.6. The minimum absolute atomic E-state index is 0.0575. The first-order chi connectivity index (χ1) is 17.2. The first kappa shape index (κ1) is 26.5. The van der Waals surface area contributed by atoms with Gasteiger partial charge in [0, 0.05) is 24.6 Å². The van der Waals surface area contributed by atoms with Crippen LogP contribution in [0.15, 0.2) is 71.5 Å². The number of amides is 3. The third-order valence-electron chi connectivity index (χ3n) is 5.21. The van der Waals surface area contributed by atoms with Crippen molar-refractivity contribution in [1.29, 1.82) is 0 Å². The number of anilines is 1. The topological polar surface area (TPSA) is 114 Å². The molecule has 0 aliphatic heterocycles. The fourth-order valence-electron chi connectivity index (χ4n) is 3.60. The number of hydrogen-bond acceptors (Lipinski definition) is 6. The van der Waals surface area contributed by atoms with Crippen molar-refractivity contribution >= 4 is 23.5 Å². The highest BCUT2D eigenvalue weighted by molar-refractivity contribution is 5.94. The quantitative estimate of drug-likeness (QED) is 0.441. The molecule has 1 aromatic carbocycles. The largest absolute Gasteiger partial charge is 0.497 e. The molecule has 2 N–H and O–H groups in total. The van der Waals surface area contributed by atoms with E-state index in [0.717, 1.165) is 0 Å². The number of rotatable bonds is 10. The maximum Gasteiger partial charge on any atom is 0.247 e. The fourth-order valence-corrected chi connectivity index (χ4v) is 3.60. The van der Waals surface area contributed by atoms with Gasteiger partial charge in [0.1, 0.15) is 23.4 Å². The van der Waals surface area contributed by atoms with Gasteiger partial charge in [-0.3, -0.25) is 14.4 Å². The molecule has 0 fully saturated rings. The number of furan rings is 1. The Morgan fingerprint density at radius 2 is 1.78 bits per heavy atom.